The van der Waals surface area contributed by atoms with Crippen LogP contribution in [-0.4, -0.2) is 30.4 Å². The Kier molecular flexibility index (Phi) is 5.71. The molecule has 20 heavy (non-hydrogen) atoms. The van der Waals surface area contributed by atoms with E-state index < -0.39 is 18.0 Å². The molecule has 0 radical (unpaired) electrons. The second-order valence-corrected chi connectivity index (χ2v) is 4.19. The van der Waals surface area contributed by atoms with Crippen LogP contribution in [0.1, 0.15) is 31.1 Å². The molecule has 0 fully saturated rings. The molecule has 1 aromatic carbocycles. The monoisotopic (exact) mass is 278 g/mol. The number of benzene rings is 1. The largest absolute Gasteiger partial charge is 0.481 e. The van der Waals surface area contributed by atoms with Crippen LogP contribution in [0.15, 0.2) is 24.3 Å². The number of imide groups is 1. The van der Waals surface area contributed by atoms with Gasteiger partial charge in [-0.1, -0.05) is 12.1 Å². The number of rotatable bonds is 5. The maximum Gasteiger partial charge on any atom is 0.321 e. The third-order valence-electron chi connectivity index (χ3n) is 2.50. The van der Waals surface area contributed by atoms with Crippen molar-refractivity contribution in [3.8, 4) is 5.75 Å². The van der Waals surface area contributed by atoms with Gasteiger partial charge in [0.1, 0.15) is 5.75 Å². The molecule has 0 aromatic heterocycles. The first-order chi connectivity index (χ1) is 9.43. The van der Waals surface area contributed by atoms with Gasteiger partial charge in [-0.05, 0) is 32.9 Å². The number of hydrogen-bond donors (Lipinski definition) is 2. The third-order valence-corrected chi connectivity index (χ3v) is 2.50. The lowest BCUT2D eigenvalue weighted by atomic mass is 10.1. The molecule has 2 N–H and O–H groups in total. The molecule has 1 unspecified atom stereocenters. The van der Waals surface area contributed by atoms with Crippen LogP contribution < -0.4 is 15.4 Å². The molecule has 1 rings (SSSR count). The van der Waals surface area contributed by atoms with Crippen LogP contribution in [0.2, 0.25) is 0 Å². The number of carbonyl (C=O) groups is 3. The minimum absolute atomic E-state index is 0.0881. The first-order valence-corrected chi connectivity index (χ1v) is 6.30. The molecule has 0 spiro atoms. The number of amides is 3. The van der Waals surface area contributed by atoms with Gasteiger partial charge in [-0.3, -0.25) is 14.9 Å². The van der Waals surface area contributed by atoms with Crippen molar-refractivity contribution in [2.75, 3.05) is 6.54 Å². The summed E-state index contributed by atoms with van der Waals surface area (Å²) < 4.78 is 5.40. The lowest BCUT2D eigenvalue weighted by Crippen LogP contribution is -2.45. The summed E-state index contributed by atoms with van der Waals surface area (Å²) in [6.45, 7) is 5.14. The predicted octanol–water partition coefficient (Wildman–Crippen LogP) is 1.50. The zero-order valence-electron chi connectivity index (χ0n) is 11.7. The van der Waals surface area contributed by atoms with Crippen molar-refractivity contribution in [1.29, 1.82) is 0 Å². The Bertz CT molecular complexity index is 514. The molecule has 6 heteroatoms. The van der Waals surface area contributed by atoms with Gasteiger partial charge in [0.05, 0.1) is 0 Å². The highest BCUT2D eigenvalue weighted by Crippen LogP contribution is 2.15. The highest BCUT2D eigenvalue weighted by atomic mass is 16.5. The quantitative estimate of drug-likeness (QED) is 0.799. The Morgan fingerprint density at radius 1 is 1.30 bits per heavy atom. The fourth-order valence-corrected chi connectivity index (χ4v) is 1.46. The van der Waals surface area contributed by atoms with E-state index in [-0.39, 0.29) is 5.78 Å². The summed E-state index contributed by atoms with van der Waals surface area (Å²) in [5.74, 6) is -0.240. The fourth-order valence-electron chi connectivity index (χ4n) is 1.46. The molecule has 0 aliphatic rings. The Balaban J connectivity index is 2.63. The topological polar surface area (TPSA) is 84.5 Å². The molecule has 0 bridgehead atoms. The van der Waals surface area contributed by atoms with Crippen molar-refractivity contribution in [3.05, 3.63) is 29.8 Å². The zero-order valence-corrected chi connectivity index (χ0v) is 11.7. The van der Waals surface area contributed by atoms with Gasteiger partial charge in [-0.2, -0.15) is 0 Å². The third kappa shape index (κ3) is 4.72. The van der Waals surface area contributed by atoms with E-state index >= 15 is 0 Å². The SMILES string of the molecule is CCNC(=O)NC(=O)C(C)Oc1cccc(C(C)=O)c1. The van der Waals surface area contributed by atoms with Gasteiger partial charge in [-0.15, -0.1) is 0 Å². The number of carbonyl (C=O) groups excluding carboxylic acids is 3. The van der Waals surface area contributed by atoms with Gasteiger partial charge in [0.25, 0.3) is 5.91 Å². The Hall–Kier alpha value is -2.37. The summed E-state index contributed by atoms with van der Waals surface area (Å²) >= 11 is 0. The number of urea groups is 1. The van der Waals surface area contributed by atoms with Crippen LogP contribution >= 0.6 is 0 Å². The maximum atomic E-state index is 11.7. The van der Waals surface area contributed by atoms with Crippen LogP contribution in [0.3, 0.4) is 0 Å². The smallest absolute Gasteiger partial charge is 0.321 e. The lowest BCUT2D eigenvalue weighted by Gasteiger charge is -2.14. The average Bonchev–Trinajstić information content (AvgIpc) is 2.39. The Morgan fingerprint density at radius 3 is 2.60 bits per heavy atom. The molecular weight excluding hydrogens is 260 g/mol. The Morgan fingerprint density at radius 2 is 2.00 bits per heavy atom. The summed E-state index contributed by atoms with van der Waals surface area (Å²) in [6.07, 6.45) is -0.847. The van der Waals surface area contributed by atoms with E-state index in [0.29, 0.717) is 17.9 Å². The maximum absolute atomic E-state index is 11.7. The second-order valence-electron chi connectivity index (χ2n) is 4.19. The molecule has 0 saturated carbocycles. The van der Waals surface area contributed by atoms with Crippen molar-refractivity contribution in [3.63, 3.8) is 0 Å². The summed E-state index contributed by atoms with van der Waals surface area (Å²) in [4.78, 5) is 34.1. The van der Waals surface area contributed by atoms with E-state index in [4.69, 9.17) is 4.74 Å². The fraction of sp³-hybridized carbons (Fsp3) is 0.357. The summed E-state index contributed by atoms with van der Waals surface area (Å²) in [5.41, 5.74) is 0.499. The first kappa shape index (κ1) is 15.7. The van der Waals surface area contributed by atoms with Gasteiger partial charge in [0.2, 0.25) is 0 Å². The lowest BCUT2D eigenvalue weighted by molar-refractivity contribution is -0.126. The van der Waals surface area contributed by atoms with E-state index in [2.05, 4.69) is 10.6 Å². The van der Waals surface area contributed by atoms with Crippen molar-refractivity contribution in [1.82, 2.24) is 10.6 Å². The molecule has 0 aliphatic heterocycles. The molecule has 6 nitrogen and oxygen atoms in total. The normalized spacial score (nSPS) is 11.3. The van der Waals surface area contributed by atoms with Gasteiger partial charge in [0, 0.05) is 12.1 Å². The van der Waals surface area contributed by atoms with Crippen LogP contribution in [-0.2, 0) is 4.79 Å². The van der Waals surface area contributed by atoms with E-state index in [1.165, 1.54) is 13.8 Å². The average molecular weight is 278 g/mol. The van der Waals surface area contributed by atoms with Gasteiger partial charge < -0.3 is 10.1 Å². The first-order valence-electron chi connectivity index (χ1n) is 6.30. The van der Waals surface area contributed by atoms with Crippen molar-refractivity contribution < 1.29 is 19.1 Å². The molecule has 108 valence electrons. The van der Waals surface area contributed by atoms with Crippen LogP contribution in [0.25, 0.3) is 0 Å². The molecule has 1 aromatic rings. The number of nitrogens with one attached hydrogen (secondary N) is 2. The standard InChI is InChI=1S/C14H18N2O4/c1-4-15-14(19)16-13(18)10(3)20-12-7-5-6-11(8-12)9(2)17/h5-8,10H,4H2,1-3H3,(H2,15,16,18,19). The minimum Gasteiger partial charge on any atom is -0.481 e. The zero-order chi connectivity index (χ0) is 15.1. The van der Waals surface area contributed by atoms with Crippen LogP contribution in [0.5, 0.6) is 5.75 Å². The van der Waals surface area contributed by atoms with E-state index in [0.717, 1.165) is 0 Å². The van der Waals surface area contributed by atoms with Gasteiger partial charge >= 0.3 is 6.03 Å². The molecule has 3 amide bonds. The second kappa shape index (κ2) is 7.28. The van der Waals surface area contributed by atoms with Crippen molar-refractivity contribution in [2.45, 2.75) is 26.9 Å². The van der Waals surface area contributed by atoms with Crippen LogP contribution in [0, 0.1) is 0 Å². The van der Waals surface area contributed by atoms with Gasteiger partial charge in [-0.25, -0.2) is 4.79 Å². The van der Waals surface area contributed by atoms with E-state index in [9.17, 15) is 14.4 Å². The summed E-state index contributed by atoms with van der Waals surface area (Å²) in [7, 11) is 0. The highest BCUT2D eigenvalue weighted by molar-refractivity contribution is 5.96. The molecule has 0 aliphatic carbocycles. The van der Waals surface area contributed by atoms with Crippen molar-refractivity contribution in [2.24, 2.45) is 0 Å². The molecular formula is C14H18N2O4. The predicted molar refractivity (Wildman–Crippen MR) is 73.8 cm³/mol. The van der Waals surface area contributed by atoms with Crippen LogP contribution in [0.4, 0.5) is 4.79 Å². The Labute approximate surface area is 117 Å². The highest BCUT2D eigenvalue weighted by Gasteiger charge is 2.17. The van der Waals surface area contributed by atoms with Gasteiger partial charge in [0.15, 0.2) is 11.9 Å². The number of ether oxygens (including phenoxy) is 1. The van der Waals surface area contributed by atoms with E-state index in [1.54, 1.807) is 31.2 Å². The molecule has 1 atom stereocenters. The van der Waals surface area contributed by atoms with Crippen molar-refractivity contribution >= 4 is 17.7 Å². The number of ketones is 1. The number of Topliss-reactive ketones (excluding diaryl/α,β-unsaturated/α-hetero) is 1. The summed E-state index contributed by atoms with van der Waals surface area (Å²) in [6, 6.07) is 5.96. The molecule has 0 heterocycles. The summed E-state index contributed by atoms with van der Waals surface area (Å²) in [5, 5.41) is 4.61. The van der Waals surface area contributed by atoms with E-state index in [1.807, 2.05) is 0 Å². The number of hydrogen-bond acceptors (Lipinski definition) is 4. The minimum atomic E-state index is -0.847. The molecule has 0 saturated heterocycles.